The summed E-state index contributed by atoms with van der Waals surface area (Å²) in [6.45, 7) is 0. The number of guanidine groups is 2. The van der Waals surface area contributed by atoms with Crippen molar-refractivity contribution in [1.29, 1.82) is 0 Å². The SMILES string of the molecule is NC1=NC2(CCCCC2)N(c2cccc(-c3cccc(F)c3)c2)C(N)=N1. The van der Waals surface area contributed by atoms with Crippen molar-refractivity contribution in [3.63, 3.8) is 0 Å². The number of nitrogens with two attached hydrogens (primary N) is 2. The second-order valence-corrected chi connectivity index (χ2v) is 6.88. The van der Waals surface area contributed by atoms with E-state index >= 15 is 0 Å². The van der Waals surface area contributed by atoms with E-state index in [-0.39, 0.29) is 11.8 Å². The van der Waals surface area contributed by atoms with E-state index in [1.807, 2.05) is 35.2 Å². The fourth-order valence-corrected chi connectivity index (χ4v) is 3.99. The summed E-state index contributed by atoms with van der Waals surface area (Å²) in [6, 6.07) is 14.5. The molecule has 1 heterocycles. The largest absolute Gasteiger partial charge is 0.369 e. The monoisotopic (exact) mass is 351 g/mol. The van der Waals surface area contributed by atoms with Crippen LogP contribution in [0.1, 0.15) is 32.1 Å². The smallest absolute Gasteiger partial charge is 0.220 e. The van der Waals surface area contributed by atoms with Gasteiger partial charge in [0.1, 0.15) is 11.5 Å². The number of aliphatic imine (C=N–C) groups is 2. The lowest BCUT2D eigenvalue weighted by Gasteiger charge is -2.45. The van der Waals surface area contributed by atoms with Gasteiger partial charge in [0.25, 0.3) is 0 Å². The van der Waals surface area contributed by atoms with Crippen LogP contribution in [0.2, 0.25) is 0 Å². The first kappa shape index (κ1) is 16.6. The molecule has 1 aliphatic carbocycles. The van der Waals surface area contributed by atoms with Gasteiger partial charge in [0.2, 0.25) is 11.9 Å². The summed E-state index contributed by atoms with van der Waals surface area (Å²) < 4.78 is 13.6. The quantitative estimate of drug-likeness (QED) is 0.867. The highest BCUT2D eigenvalue weighted by atomic mass is 19.1. The van der Waals surface area contributed by atoms with Gasteiger partial charge in [-0.25, -0.2) is 9.38 Å². The Balaban J connectivity index is 1.78. The van der Waals surface area contributed by atoms with E-state index in [0.717, 1.165) is 42.5 Å². The Bertz CT molecular complexity index is 883. The second-order valence-electron chi connectivity index (χ2n) is 6.88. The maximum Gasteiger partial charge on any atom is 0.220 e. The van der Waals surface area contributed by atoms with Crippen LogP contribution in [0.15, 0.2) is 58.5 Å². The molecule has 2 aromatic rings. The fraction of sp³-hybridized carbons (Fsp3) is 0.300. The third-order valence-electron chi connectivity index (χ3n) is 5.11. The fourth-order valence-electron chi connectivity index (χ4n) is 3.99. The summed E-state index contributed by atoms with van der Waals surface area (Å²) in [5, 5.41) is 0. The van der Waals surface area contributed by atoms with Gasteiger partial charge in [-0.1, -0.05) is 30.7 Å². The zero-order chi connectivity index (χ0) is 18.1. The number of halogens is 1. The van der Waals surface area contributed by atoms with E-state index in [1.54, 1.807) is 6.07 Å². The molecular weight excluding hydrogens is 329 g/mol. The average molecular weight is 351 g/mol. The second kappa shape index (κ2) is 6.44. The van der Waals surface area contributed by atoms with Crippen LogP contribution in [0.5, 0.6) is 0 Å². The molecule has 1 saturated carbocycles. The van der Waals surface area contributed by atoms with Gasteiger partial charge in [-0.3, -0.25) is 4.90 Å². The van der Waals surface area contributed by atoms with E-state index in [4.69, 9.17) is 16.5 Å². The maximum absolute atomic E-state index is 13.6. The van der Waals surface area contributed by atoms with Gasteiger partial charge in [0.05, 0.1) is 0 Å². The number of rotatable bonds is 2. The zero-order valence-corrected chi connectivity index (χ0v) is 14.5. The van der Waals surface area contributed by atoms with E-state index in [2.05, 4.69) is 4.99 Å². The van der Waals surface area contributed by atoms with Gasteiger partial charge in [-0.2, -0.15) is 4.99 Å². The number of hydrogen-bond donors (Lipinski definition) is 2. The summed E-state index contributed by atoms with van der Waals surface area (Å²) >= 11 is 0. The molecule has 0 amide bonds. The zero-order valence-electron chi connectivity index (χ0n) is 14.5. The molecule has 2 aliphatic rings. The van der Waals surface area contributed by atoms with Gasteiger partial charge in [0, 0.05) is 5.69 Å². The number of anilines is 1. The summed E-state index contributed by atoms with van der Waals surface area (Å²) in [5.41, 5.74) is 14.4. The molecule has 0 aromatic heterocycles. The van der Waals surface area contributed by atoms with E-state index in [1.165, 1.54) is 18.6 Å². The van der Waals surface area contributed by atoms with Gasteiger partial charge in [0.15, 0.2) is 0 Å². The van der Waals surface area contributed by atoms with Crippen molar-refractivity contribution in [2.24, 2.45) is 21.5 Å². The van der Waals surface area contributed by atoms with Crippen LogP contribution in [0.25, 0.3) is 11.1 Å². The van der Waals surface area contributed by atoms with Crippen LogP contribution in [0, 0.1) is 5.82 Å². The average Bonchev–Trinajstić information content (AvgIpc) is 2.62. The van der Waals surface area contributed by atoms with Crippen LogP contribution in [0.4, 0.5) is 10.1 Å². The minimum absolute atomic E-state index is 0.238. The molecule has 0 saturated heterocycles. The first-order chi connectivity index (χ1) is 12.6. The number of hydrogen-bond acceptors (Lipinski definition) is 5. The van der Waals surface area contributed by atoms with Crippen molar-refractivity contribution in [2.75, 3.05) is 4.90 Å². The van der Waals surface area contributed by atoms with E-state index in [9.17, 15) is 4.39 Å². The molecule has 0 atom stereocenters. The number of benzene rings is 2. The summed E-state index contributed by atoms with van der Waals surface area (Å²) in [6.07, 6.45) is 5.10. The minimum Gasteiger partial charge on any atom is -0.369 e. The van der Waals surface area contributed by atoms with Gasteiger partial charge in [-0.05, 0) is 61.1 Å². The highest BCUT2D eigenvalue weighted by Crippen LogP contribution is 2.40. The molecule has 4 rings (SSSR count). The van der Waals surface area contributed by atoms with E-state index in [0.29, 0.717) is 5.96 Å². The lowest BCUT2D eigenvalue weighted by atomic mass is 9.87. The molecule has 0 unspecified atom stereocenters. The number of nitrogens with zero attached hydrogens (tertiary/aromatic N) is 3. The van der Waals surface area contributed by atoms with Crippen molar-refractivity contribution in [1.82, 2.24) is 0 Å². The summed E-state index contributed by atoms with van der Waals surface area (Å²) in [5.74, 6) is 0.339. The Hall–Kier alpha value is -2.89. The lowest BCUT2D eigenvalue weighted by molar-refractivity contribution is 0.305. The molecular formula is C20H22FN5. The molecule has 1 spiro atoms. The molecule has 2 aromatic carbocycles. The topological polar surface area (TPSA) is 80.0 Å². The van der Waals surface area contributed by atoms with Crippen molar-refractivity contribution in [3.8, 4) is 11.1 Å². The van der Waals surface area contributed by atoms with Crippen LogP contribution in [-0.2, 0) is 0 Å². The minimum atomic E-state index is -0.477. The first-order valence-electron chi connectivity index (χ1n) is 8.93. The van der Waals surface area contributed by atoms with Crippen LogP contribution >= 0.6 is 0 Å². The van der Waals surface area contributed by atoms with Gasteiger partial charge < -0.3 is 11.5 Å². The molecule has 0 radical (unpaired) electrons. The highest BCUT2D eigenvalue weighted by molar-refractivity contribution is 6.05. The Morgan fingerprint density at radius 1 is 0.923 bits per heavy atom. The van der Waals surface area contributed by atoms with Crippen LogP contribution in [0.3, 0.4) is 0 Å². The van der Waals surface area contributed by atoms with Crippen molar-refractivity contribution in [3.05, 3.63) is 54.3 Å². The Morgan fingerprint density at radius 3 is 2.35 bits per heavy atom. The van der Waals surface area contributed by atoms with Crippen molar-refractivity contribution >= 4 is 17.6 Å². The summed E-state index contributed by atoms with van der Waals surface area (Å²) in [7, 11) is 0. The molecule has 4 N–H and O–H groups in total. The third-order valence-corrected chi connectivity index (χ3v) is 5.11. The van der Waals surface area contributed by atoms with Gasteiger partial charge in [-0.15, -0.1) is 0 Å². The van der Waals surface area contributed by atoms with Crippen molar-refractivity contribution < 1.29 is 4.39 Å². The first-order valence-corrected chi connectivity index (χ1v) is 8.93. The Morgan fingerprint density at radius 2 is 1.62 bits per heavy atom. The Kier molecular flexibility index (Phi) is 4.11. The molecule has 134 valence electrons. The van der Waals surface area contributed by atoms with Gasteiger partial charge >= 0.3 is 0 Å². The van der Waals surface area contributed by atoms with Crippen molar-refractivity contribution in [2.45, 2.75) is 37.8 Å². The molecule has 5 nitrogen and oxygen atoms in total. The molecule has 0 bridgehead atoms. The predicted molar refractivity (Wildman–Crippen MR) is 103 cm³/mol. The van der Waals surface area contributed by atoms with E-state index < -0.39 is 5.66 Å². The Labute approximate surface area is 152 Å². The standard InChI is InChI=1S/C20H22FN5/c21-16-8-4-6-14(12-16)15-7-5-9-17(13-15)26-19(23)24-18(22)25-20(26)10-2-1-3-11-20/h4-9,12-13H,1-3,10-11H2,(H4,22,23,24,25). The normalized spacial score (nSPS) is 19.2. The lowest BCUT2D eigenvalue weighted by Crippen LogP contribution is -2.58. The maximum atomic E-state index is 13.6. The predicted octanol–water partition coefficient (Wildman–Crippen LogP) is 3.60. The summed E-state index contributed by atoms with van der Waals surface area (Å²) in [4.78, 5) is 10.9. The van der Waals surface area contributed by atoms with Crippen LogP contribution < -0.4 is 16.4 Å². The molecule has 26 heavy (non-hydrogen) atoms. The molecule has 6 heteroatoms. The van der Waals surface area contributed by atoms with Crippen LogP contribution in [-0.4, -0.2) is 17.6 Å². The molecule has 1 fully saturated rings. The third kappa shape index (κ3) is 2.92. The highest BCUT2D eigenvalue weighted by Gasteiger charge is 2.42. The molecule has 1 aliphatic heterocycles.